The van der Waals surface area contributed by atoms with Crippen molar-refractivity contribution in [3.63, 3.8) is 0 Å². The van der Waals surface area contributed by atoms with Crippen molar-refractivity contribution in [3.05, 3.63) is 59.7 Å². The smallest absolute Gasteiger partial charge is 0.0991 e. The molecule has 0 aliphatic heterocycles. The molecule has 2 rings (SSSR count). The molecule has 17 heavy (non-hydrogen) atoms. The van der Waals surface area contributed by atoms with E-state index in [2.05, 4.69) is 4.99 Å². The quantitative estimate of drug-likeness (QED) is 0.731. The van der Waals surface area contributed by atoms with Crippen LogP contribution in [0.2, 0.25) is 0 Å². The predicted octanol–water partition coefficient (Wildman–Crippen LogP) is 2.38. The van der Waals surface area contributed by atoms with Crippen LogP contribution in [0.5, 0.6) is 5.75 Å². The van der Waals surface area contributed by atoms with E-state index < -0.39 is 0 Å². The summed E-state index contributed by atoms with van der Waals surface area (Å²) in [4.78, 5) is 4.11. The van der Waals surface area contributed by atoms with Crippen LogP contribution in [-0.4, -0.2) is 6.21 Å². The van der Waals surface area contributed by atoms with Gasteiger partial charge in [-0.3, -0.25) is 4.99 Å². The summed E-state index contributed by atoms with van der Waals surface area (Å²) in [5.41, 5.74) is 1.87. The molecule has 0 saturated carbocycles. The molecule has 0 aromatic heterocycles. The first-order valence-electron chi connectivity index (χ1n) is 5.10. The lowest BCUT2D eigenvalue weighted by Crippen LogP contribution is -1.89. The molecule has 0 aliphatic carbocycles. The number of hydrogen-bond donors (Lipinski definition) is 0. The molecule has 0 spiro atoms. The van der Waals surface area contributed by atoms with Gasteiger partial charge in [0.15, 0.2) is 0 Å². The maximum Gasteiger partial charge on any atom is 0.0991 e. The van der Waals surface area contributed by atoms with Crippen molar-refractivity contribution >= 4 is 11.9 Å². The van der Waals surface area contributed by atoms with Crippen molar-refractivity contribution < 1.29 is 5.11 Å². The van der Waals surface area contributed by atoms with E-state index in [9.17, 15) is 5.11 Å². The largest absolute Gasteiger partial charge is 0.871 e. The minimum Gasteiger partial charge on any atom is -0.871 e. The lowest BCUT2D eigenvalue weighted by atomic mass is 10.2. The topological polar surface area (TPSA) is 59.2 Å². The molecule has 0 N–H and O–H groups in total. The first-order chi connectivity index (χ1) is 8.29. The summed E-state index contributed by atoms with van der Waals surface area (Å²) in [5, 5.41) is 20.0. The Hall–Kier alpha value is -2.60. The maximum atomic E-state index is 11.4. The lowest BCUT2D eigenvalue weighted by molar-refractivity contribution is -0.267. The first kappa shape index (κ1) is 10.9. The zero-order chi connectivity index (χ0) is 12.1. The number of aliphatic imine (C=N–C) groups is 1. The van der Waals surface area contributed by atoms with Gasteiger partial charge in [0.25, 0.3) is 0 Å². The van der Waals surface area contributed by atoms with Crippen molar-refractivity contribution in [3.8, 4) is 11.8 Å². The summed E-state index contributed by atoms with van der Waals surface area (Å²) >= 11 is 0. The van der Waals surface area contributed by atoms with Crippen molar-refractivity contribution in [2.24, 2.45) is 4.99 Å². The summed E-state index contributed by atoms with van der Waals surface area (Å²) in [6.45, 7) is 0. The van der Waals surface area contributed by atoms with Gasteiger partial charge in [-0.1, -0.05) is 36.1 Å². The van der Waals surface area contributed by atoms with Crippen LogP contribution < -0.4 is 5.11 Å². The van der Waals surface area contributed by atoms with Crippen LogP contribution in [0, 0.1) is 11.3 Å². The van der Waals surface area contributed by atoms with Gasteiger partial charge in [0.05, 0.1) is 17.3 Å². The Morgan fingerprint density at radius 3 is 2.41 bits per heavy atom. The highest BCUT2D eigenvalue weighted by molar-refractivity contribution is 5.82. The average molecular weight is 221 g/mol. The number of benzene rings is 2. The number of rotatable bonds is 2. The van der Waals surface area contributed by atoms with E-state index in [-0.39, 0.29) is 5.75 Å². The number of nitriles is 1. The minimum absolute atomic E-state index is 0.0996. The third-order valence-electron chi connectivity index (χ3n) is 2.26. The van der Waals surface area contributed by atoms with E-state index in [1.807, 2.05) is 6.07 Å². The Morgan fingerprint density at radius 2 is 1.76 bits per heavy atom. The monoisotopic (exact) mass is 221 g/mol. The van der Waals surface area contributed by atoms with Crippen LogP contribution >= 0.6 is 0 Å². The lowest BCUT2D eigenvalue weighted by Gasteiger charge is -2.07. The van der Waals surface area contributed by atoms with Gasteiger partial charge in [0, 0.05) is 6.21 Å². The Morgan fingerprint density at radius 1 is 1.06 bits per heavy atom. The number of para-hydroxylation sites is 2. The SMILES string of the molecule is N#Cc1ccc(C=Nc2ccccc2[O-])cc1. The van der Waals surface area contributed by atoms with Crippen LogP contribution in [0.4, 0.5) is 5.69 Å². The fraction of sp³-hybridized carbons (Fsp3) is 0. The second-order valence-corrected chi connectivity index (χ2v) is 3.46. The highest BCUT2D eigenvalue weighted by Crippen LogP contribution is 2.21. The van der Waals surface area contributed by atoms with Crippen LogP contribution in [-0.2, 0) is 0 Å². The average Bonchev–Trinajstić information content (AvgIpc) is 2.38. The first-order valence-corrected chi connectivity index (χ1v) is 5.10. The Bertz CT molecular complexity index is 580. The van der Waals surface area contributed by atoms with Gasteiger partial charge in [-0.15, -0.1) is 0 Å². The van der Waals surface area contributed by atoms with Crippen molar-refractivity contribution in [2.75, 3.05) is 0 Å². The molecule has 0 amide bonds. The van der Waals surface area contributed by atoms with Gasteiger partial charge >= 0.3 is 0 Å². The molecule has 3 nitrogen and oxygen atoms in total. The molecule has 2 aromatic carbocycles. The molecule has 0 atom stereocenters. The second-order valence-electron chi connectivity index (χ2n) is 3.46. The van der Waals surface area contributed by atoms with Crippen LogP contribution in [0.1, 0.15) is 11.1 Å². The van der Waals surface area contributed by atoms with Crippen LogP contribution in [0.25, 0.3) is 0 Å². The Balaban J connectivity index is 2.21. The molecule has 0 aliphatic rings. The summed E-state index contributed by atoms with van der Waals surface area (Å²) in [5.74, 6) is -0.0996. The summed E-state index contributed by atoms with van der Waals surface area (Å²) in [7, 11) is 0. The third kappa shape index (κ3) is 2.70. The Labute approximate surface area is 99.3 Å². The summed E-state index contributed by atoms with van der Waals surface area (Å²) < 4.78 is 0. The molecule has 0 unspecified atom stereocenters. The predicted molar refractivity (Wildman–Crippen MR) is 64.3 cm³/mol. The number of nitrogens with zero attached hydrogens (tertiary/aromatic N) is 2. The highest BCUT2D eigenvalue weighted by Gasteiger charge is 1.91. The van der Waals surface area contributed by atoms with Gasteiger partial charge in [0.2, 0.25) is 0 Å². The van der Waals surface area contributed by atoms with E-state index >= 15 is 0 Å². The standard InChI is InChI=1S/C14H10N2O/c15-9-11-5-7-12(8-6-11)10-16-13-3-1-2-4-14(13)17/h1-8,10,17H/p-1. The summed E-state index contributed by atoms with van der Waals surface area (Å²) in [6.07, 6.45) is 1.61. The molecular formula is C14H9N2O-. The van der Waals surface area contributed by atoms with Gasteiger partial charge in [0.1, 0.15) is 0 Å². The van der Waals surface area contributed by atoms with E-state index in [4.69, 9.17) is 5.26 Å². The second kappa shape index (κ2) is 4.95. The fourth-order valence-corrected chi connectivity index (χ4v) is 1.35. The van der Waals surface area contributed by atoms with Crippen LogP contribution in [0.3, 0.4) is 0 Å². The van der Waals surface area contributed by atoms with Crippen LogP contribution in [0.15, 0.2) is 53.5 Å². The number of hydrogen-bond acceptors (Lipinski definition) is 3. The minimum atomic E-state index is -0.0996. The summed E-state index contributed by atoms with van der Waals surface area (Å²) in [6, 6.07) is 15.6. The molecule has 82 valence electrons. The van der Waals surface area contributed by atoms with E-state index in [1.54, 1.807) is 48.7 Å². The normalized spacial score (nSPS) is 10.3. The third-order valence-corrected chi connectivity index (χ3v) is 2.26. The molecule has 0 heterocycles. The molecule has 0 fully saturated rings. The van der Waals surface area contributed by atoms with Crippen molar-refractivity contribution in [1.82, 2.24) is 0 Å². The molecule has 0 bridgehead atoms. The van der Waals surface area contributed by atoms with Crippen molar-refractivity contribution in [1.29, 1.82) is 5.26 Å². The molecule has 0 saturated heterocycles. The molecule has 2 aromatic rings. The Kier molecular flexibility index (Phi) is 3.18. The fourth-order valence-electron chi connectivity index (χ4n) is 1.35. The van der Waals surface area contributed by atoms with E-state index in [0.717, 1.165) is 5.56 Å². The molecular weight excluding hydrogens is 212 g/mol. The van der Waals surface area contributed by atoms with E-state index in [1.165, 1.54) is 6.07 Å². The maximum absolute atomic E-state index is 11.4. The van der Waals surface area contributed by atoms with Gasteiger partial charge in [-0.2, -0.15) is 5.26 Å². The van der Waals surface area contributed by atoms with Gasteiger partial charge in [-0.05, 0) is 23.8 Å². The van der Waals surface area contributed by atoms with Gasteiger partial charge in [-0.25, -0.2) is 0 Å². The molecule has 3 heteroatoms. The van der Waals surface area contributed by atoms with Crippen molar-refractivity contribution in [2.45, 2.75) is 0 Å². The van der Waals surface area contributed by atoms with Gasteiger partial charge < -0.3 is 5.11 Å². The van der Waals surface area contributed by atoms with E-state index in [0.29, 0.717) is 11.3 Å². The zero-order valence-electron chi connectivity index (χ0n) is 9.00. The highest BCUT2D eigenvalue weighted by atomic mass is 16.3. The molecule has 0 radical (unpaired) electrons. The zero-order valence-corrected chi connectivity index (χ0v) is 9.00.